The molecule has 1 aliphatic heterocycles. The maximum atomic E-state index is 12.5. The molecule has 0 saturated heterocycles. The van der Waals surface area contributed by atoms with E-state index in [1.807, 2.05) is 0 Å². The summed E-state index contributed by atoms with van der Waals surface area (Å²) in [6.45, 7) is 1.50. The minimum atomic E-state index is -2.37. The smallest absolute Gasteiger partial charge is 0.339 e. The number of hydrogen-bond donors (Lipinski definition) is 3. The molecule has 6 nitrogen and oxygen atoms in total. The number of carbonyl (C=O) groups is 2. The van der Waals surface area contributed by atoms with E-state index >= 15 is 0 Å². The maximum Gasteiger partial charge on any atom is 0.339 e. The molecule has 0 amide bonds. The molecule has 0 saturated carbocycles. The predicted molar refractivity (Wildman–Crippen MR) is 67.5 cm³/mol. The number of rotatable bonds is 1. The van der Waals surface area contributed by atoms with Gasteiger partial charge in [0.1, 0.15) is 5.57 Å². The van der Waals surface area contributed by atoms with Crippen molar-refractivity contribution in [3.8, 4) is 0 Å². The highest BCUT2D eigenvalue weighted by Gasteiger charge is 2.70. The molecule has 0 spiro atoms. The number of ketones is 1. The van der Waals surface area contributed by atoms with E-state index in [1.54, 1.807) is 12.1 Å². The SMILES string of the molecule is COC(=O)C1=C(C)NC2(O)c3ccccc3C(=O)C12O. The van der Waals surface area contributed by atoms with Crippen LogP contribution in [0.5, 0.6) is 0 Å². The van der Waals surface area contributed by atoms with Crippen LogP contribution in [0.25, 0.3) is 0 Å². The Morgan fingerprint density at radius 2 is 1.95 bits per heavy atom. The summed E-state index contributed by atoms with van der Waals surface area (Å²) in [4.78, 5) is 24.4. The Kier molecular flexibility index (Phi) is 2.36. The number of hydrogen-bond acceptors (Lipinski definition) is 6. The van der Waals surface area contributed by atoms with Gasteiger partial charge in [0.15, 0.2) is 0 Å². The van der Waals surface area contributed by atoms with Crippen molar-refractivity contribution < 1.29 is 24.5 Å². The van der Waals surface area contributed by atoms with Crippen molar-refractivity contribution in [3.05, 3.63) is 46.7 Å². The summed E-state index contributed by atoms with van der Waals surface area (Å²) >= 11 is 0. The fraction of sp³-hybridized carbons (Fsp3) is 0.286. The Morgan fingerprint density at radius 3 is 2.60 bits per heavy atom. The summed E-state index contributed by atoms with van der Waals surface area (Å²) < 4.78 is 4.61. The minimum absolute atomic E-state index is 0.180. The molecule has 104 valence electrons. The van der Waals surface area contributed by atoms with Gasteiger partial charge in [0.25, 0.3) is 0 Å². The molecule has 6 heteroatoms. The highest BCUT2D eigenvalue weighted by Crippen LogP contribution is 2.51. The fourth-order valence-corrected chi connectivity index (χ4v) is 3.01. The van der Waals surface area contributed by atoms with Crippen molar-refractivity contribution in [1.82, 2.24) is 5.32 Å². The lowest BCUT2D eigenvalue weighted by atomic mass is 9.85. The zero-order chi connectivity index (χ0) is 14.7. The van der Waals surface area contributed by atoms with E-state index in [4.69, 9.17) is 0 Å². The molecule has 0 radical (unpaired) electrons. The van der Waals surface area contributed by atoms with E-state index in [-0.39, 0.29) is 22.4 Å². The number of benzene rings is 1. The topological polar surface area (TPSA) is 95.9 Å². The number of methoxy groups -OCH3 is 1. The van der Waals surface area contributed by atoms with Crippen LogP contribution < -0.4 is 5.32 Å². The van der Waals surface area contributed by atoms with Gasteiger partial charge in [-0.05, 0) is 6.92 Å². The van der Waals surface area contributed by atoms with E-state index < -0.39 is 23.1 Å². The van der Waals surface area contributed by atoms with E-state index in [1.165, 1.54) is 19.1 Å². The van der Waals surface area contributed by atoms with Gasteiger partial charge in [-0.25, -0.2) is 4.79 Å². The molecule has 3 N–H and O–H groups in total. The van der Waals surface area contributed by atoms with Gasteiger partial charge in [0.05, 0.1) is 7.11 Å². The number of esters is 1. The lowest BCUT2D eigenvalue weighted by Crippen LogP contribution is -2.56. The van der Waals surface area contributed by atoms with Crippen LogP contribution in [0.4, 0.5) is 0 Å². The summed E-state index contributed by atoms with van der Waals surface area (Å²) in [5, 5.41) is 24.2. The molecule has 1 aromatic rings. The van der Waals surface area contributed by atoms with E-state index in [0.29, 0.717) is 0 Å². The van der Waals surface area contributed by atoms with Gasteiger partial charge in [-0.2, -0.15) is 0 Å². The first-order chi connectivity index (χ1) is 9.38. The second-order valence-electron chi connectivity index (χ2n) is 4.91. The first-order valence-electron chi connectivity index (χ1n) is 6.05. The third-order valence-electron chi connectivity index (χ3n) is 3.91. The number of Topliss-reactive ketones (excluding diaryl/α,β-unsaturated/α-hetero) is 1. The number of ether oxygens (including phenoxy) is 1. The number of fused-ring (bicyclic) bond motifs is 3. The molecule has 0 bridgehead atoms. The zero-order valence-electron chi connectivity index (χ0n) is 10.9. The van der Waals surface area contributed by atoms with E-state index in [9.17, 15) is 19.8 Å². The van der Waals surface area contributed by atoms with Gasteiger partial charge in [0.2, 0.25) is 17.1 Å². The highest BCUT2D eigenvalue weighted by atomic mass is 16.5. The lowest BCUT2D eigenvalue weighted by molar-refractivity contribution is -0.144. The Balaban J connectivity index is 2.28. The first kappa shape index (κ1) is 12.8. The molecule has 2 aliphatic rings. The Labute approximate surface area is 114 Å². The summed E-state index contributed by atoms with van der Waals surface area (Å²) in [5.41, 5.74) is -4.04. The van der Waals surface area contributed by atoms with Gasteiger partial charge in [-0.3, -0.25) is 4.79 Å². The number of nitrogens with one attached hydrogen (secondary N) is 1. The predicted octanol–water partition coefficient (Wildman–Crippen LogP) is -0.191. The molecule has 2 atom stereocenters. The zero-order valence-corrected chi connectivity index (χ0v) is 10.9. The third-order valence-corrected chi connectivity index (χ3v) is 3.91. The average molecular weight is 275 g/mol. The highest BCUT2D eigenvalue weighted by molar-refractivity contribution is 6.16. The molecule has 1 aliphatic carbocycles. The van der Waals surface area contributed by atoms with Gasteiger partial charge < -0.3 is 20.3 Å². The Morgan fingerprint density at radius 1 is 1.30 bits per heavy atom. The van der Waals surface area contributed by atoms with Crippen LogP contribution in [0.2, 0.25) is 0 Å². The number of aliphatic hydroxyl groups is 2. The largest absolute Gasteiger partial charge is 0.466 e. The fourth-order valence-electron chi connectivity index (χ4n) is 3.01. The quantitative estimate of drug-likeness (QED) is 0.615. The monoisotopic (exact) mass is 275 g/mol. The van der Waals surface area contributed by atoms with Gasteiger partial charge in [0, 0.05) is 16.8 Å². The molecule has 1 aromatic carbocycles. The summed E-state index contributed by atoms with van der Waals surface area (Å²) in [7, 11) is 1.15. The minimum Gasteiger partial charge on any atom is -0.466 e. The van der Waals surface area contributed by atoms with Crippen molar-refractivity contribution in [1.29, 1.82) is 0 Å². The van der Waals surface area contributed by atoms with E-state index in [2.05, 4.69) is 10.1 Å². The second kappa shape index (κ2) is 3.68. The standard InChI is InChI=1S/C14H13NO5/c1-7-10(12(17)20-2)13(18)11(16)8-5-3-4-6-9(8)14(13,19)15-7/h3-6,15,18-19H,1-2H3. The molecule has 0 fully saturated rings. The summed E-state index contributed by atoms with van der Waals surface area (Å²) in [6, 6.07) is 6.30. The third kappa shape index (κ3) is 1.16. The van der Waals surface area contributed by atoms with Gasteiger partial charge in [-0.1, -0.05) is 24.3 Å². The maximum absolute atomic E-state index is 12.5. The average Bonchev–Trinajstić information content (AvgIpc) is 2.74. The Hall–Kier alpha value is -2.18. The van der Waals surface area contributed by atoms with Crippen molar-refractivity contribution in [2.45, 2.75) is 18.2 Å². The van der Waals surface area contributed by atoms with Crippen LogP contribution in [0.3, 0.4) is 0 Å². The van der Waals surface area contributed by atoms with Crippen LogP contribution in [0.1, 0.15) is 22.8 Å². The Bertz CT molecular complexity index is 680. The number of allylic oxidation sites excluding steroid dienone is 1. The normalized spacial score (nSPS) is 30.9. The number of carbonyl (C=O) groups excluding carboxylic acids is 2. The molecule has 20 heavy (non-hydrogen) atoms. The van der Waals surface area contributed by atoms with Gasteiger partial charge in [-0.15, -0.1) is 0 Å². The second-order valence-corrected chi connectivity index (χ2v) is 4.91. The molecular formula is C14H13NO5. The van der Waals surface area contributed by atoms with Crippen LogP contribution >= 0.6 is 0 Å². The van der Waals surface area contributed by atoms with Gasteiger partial charge >= 0.3 is 5.97 Å². The van der Waals surface area contributed by atoms with Crippen LogP contribution in [0.15, 0.2) is 35.5 Å². The van der Waals surface area contributed by atoms with Crippen molar-refractivity contribution in [3.63, 3.8) is 0 Å². The summed E-state index contributed by atoms with van der Waals surface area (Å²) in [5.74, 6) is -1.57. The van der Waals surface area contributed by atoms with Crippen molar-refractivity contribution in [2.75, 3.05) is 7.11 Å². The molecule has 3 rings (SSSR count). The van der Waals surface area contributed by atoms with Crippen LogP contribution in [0, 0.1) is 0 Å². The molecule has 2 unspecified atom stereocenters. The van der Waals surface area contributed by atoms with Crippen LogP contribution in [-0.4, -0.2) is 34.7 Å². The van der Waals surface area contributed by atoms with Crippen molar-refractivity contribution >= 4 is 11.8 Å². The van der Waals surface area contributed by atoms with Crippen LogP contribution in [-0.2, 0) is 15.3 Å². The first-order valence-corrected chi connectivity index (χ1v) is 6.05. The van der Waals surface area contributed by atoms with Crippen molar-refractivity contribution in [2.24, 2.45) is 0 Å². The van der Waals surface area contributed by atoms with E-state index in [0.717, 1.165) is 7.11 Å². The molecule has 1 heterocycles. The lowest BCUT2D eigenvalue weighted by Gasteiger charge is -2.31. The summed E-state index contributed by atoms with van der Waals surface area (Å²) in [6.07, 6.45) is 0. The molecule has 0 aromatic heterocycles. The molecular weight excluding hydrogens is 262 g/mol.